The number of carbonyl (C=O) groups excluding carboxylic acids is 1. The molecular formula is C23H29NO4. The first kappa shape index (κ1) is 21.4. The molecule has 28 heavy (non-hydrogen) atoms. The van der Waals surface area contributed by atoms with Crippen molar-refractivity contribution in [2.75, 3.05) is 39.3 Å². The second-order valence-electron chi connectivity index (χ2n) is 6.33. The number of benzene rings is 2. The van der Waals surface area contributed by atoms with Crippen LogP contribution in [-0.4, -0.2) is 40.2 Å². The van der Waals surface area contributed by atoms with Crippen molar-refractivity contribution in [3.8, 4) is 17.2 Å². The van der Waals surface area contributed by atoms with Gasteiger partial charge in [0.2, 0.25) is 5.75 Å². The number of nitrogens with zero attached hydrogens (tertiary/aromatic N) is 1. The van der Waals surface area contributed by atoms with E-state index in [2.05, 4.69) is 30.9 Å². The van der Waals surface area contributed by atoms with E-state index in [1.54, 1.807) is 12.1 Å². The maximum absolute atomic E-state index is 12.9. The van der Waals surface area contributed by atoms with Gasteiger partial charge in [0.15, 0.2) is 17.3 Å². The third-order valence-corrected chi connectivity index (χ3v) is 4.69. The number of rotatable bonds is 9. The Morgan fingerprint density at radius 3 is 1.89 bits per heavy atom. The van der Waals surface area contributed by atoms with Crippen LogP contribution in [0.5, 0.6) is 17.2 Å². The van der Waals surface area contributed by atoms with E-state index in [1.165, 1.54) is 27.0 Å². The standard InChI is InChI=1S/C23H29NO4/c1-7-24(8-2)19-11-9-17(10-12-19)13-16(3)22(25)18-14-20(26-4)23(28-6)21(15-18)27-5/h9-15H,7-8H2,1-6H3. The van der Waals surface area contributed by atoms with E-state index >= 15 is 0 Å². The van der Waals surface area contributed by atoms with Gasteiger partial charge in [-0.15, -0.1) is 0 Å². The van der Waals surface area contributed by atoms with Crippen LogP contribution in [0.15, 0.2) is 42.0 Å². The largest absolute Gasteiger partial charge is 0.493 e. The van der Waals surface area contributed by atoms with Gasteiger partial charge in [0.25, 0.3) is 0 Å². The summed E-state index contributed by atoms with van der Waals surface area (Å²) >= 11 is 0. The van der Waals surface area contributed by atoms with Gasteiger partial charge in [-0.25, -0.2) is 0 Å². The SMILES string of the molecule is CCN(CC)c1ccc(C=C(C)C(=O)c2cc(OC)c(OC)c(OC)c2)cc1. The van der Waals surface area contributed by atoms with Crippen LogP contribution >= 0.6 is 0 Å². The molecule has 0 fully saturated rings. The first-order valence-corrected chi connectivity index (χ1v) is 9.36. The molecule has 2 aromatic carbocycles. The molecule has 0 N–H and O–H groups in total. The Morgan fingerprint density at radius 2 is 1.46 bits per heavy atom. The monoisotopic (exact) mass is 383 g/mol. The molecule has 5 heteroatoms. The van der Waals surface area contributed by atoms with E-state index in [4.69, 9.17) is 14.2 Å². The topological polar surface area (TPSA) is 48.0 Å². The Kier molecular flexibility index (Phi) is 7.50. The average Bonchev–Trinajstić information content (AvgIpc) is 2.73. The highest BCUT2D eigenvalue weighted by Crippen LogP contribution is 2.38. The molecule has 2 rings (SSSR count). The first-order valence-electron chi connectivity index (χ1n) is 9.36. The Morgan fingerprint density at radius 1 is 0.929 bits per heavy atom. The number of ether oxygens (including phenoxy) is 3. The number of hydrogen-bond donors (Lipinski definition) is 0. The molecule has 0 radical (unpaired) electrons. The lowest BCUT2D eigenvalue weighted by Crippen LogP contribution is -2.21. The summed E-state index contributed by atoms with van der Waals surface area (Å²) in [5, 5.41) is 0. The number of hydrogen-bond acceptors (Lipinski definition) is 5. The minimum atomic E-state index is -0.0907. The Hall–Kier alpha value is -2.95. The smallest absolute Gasteiger partial charge is 0.203 e. The minimum Gasteiger partial charge on any atom is -0.493 e. The van der Waals surface area contributed by atoms with Crippen molar-refractivity contribution in [2.45, 2.75) is 20.8 Å². The van der Waals surface area contributed by atoms with Crippen LogP contribution in [0, 0.1) is 0 Å². The zero-order chi connectivity index (χ0) is 20.7. The molecule has 0 atom stereocenters. The highest BCUT2D eigenvalue weighted by Gasteiger charge is 2.18. The zero-order valence-corrected chi connectivity index (χ0v) is 17.5. The van der Waals surface area contributed by atoms with Gasteiger partial charge in [0, 0.05) is 24.3 Å². The maximum Gasteiger partial charge on any atom is 0.203 e. The lowest BCUT2D eigenvalue weighted by Gasteiger charge is -2.20. The third-order valence-electron chi connectivity index (χ3n) is 4.69. The summed E-state index contributed by atoms with van der Waals surface area (Å²) in [5.74, 6) is 1.30. The second kappa shape index (κ2) is 9.83. The van der Waals surface area contributed by atoms with Crippen molar-refractivity contribution in [3.05, 3.63) is 53.1 Å². The van der Waals surface area contributed by atoms with E-state index in [1.807, 2.05) is 25.1 Å². The molecule has 0 saturated carbocycles. The molecule has 5 nitrogen and oxygen atoms in total. The molecule has 150 valence electrons. The van der Waals surface area contributed by atoms with Crippen LogP contribution in [0.2, 0.25) is 0 Å². The van der Waals surface area contributed by atoms with Crippen molar-refractivity contribution >= 4 is 17.5 Å². The number of ketones is 1. The van der Waals surface area contributed by atoms with Gasteiger partial charge < -0.3 is 19.1 Å². The number of Topliss-reactive ketones (excluding diaryl/α,β-unsaturated/α-hetero) is 1. The van der Waals surface area contributed by atoms with E-state index in [9.17, 15) is 4.79 Å². The molecule has 0 bridgehead atoms. The molecule has 0 aliphatic rings. The fraction of sp³-hybridized carbons (Fsp3) is 0.348. The molecule has 0 heterocycles. The molecular weight excluding hydrogens is 354 g/mol. The van der Waals surface area contributed by atoms with Crippen molar-refractivity contribution in [2.24, 2.45) is 0 Å². The van der Waals surface area contributed by atoms with Crippen LogP contribution in [0.3, 0.4) is 0 Å². The van der Waals surface area contributed by atoms with Gasteiger partial charge in [0.1, 0.15) is 0 Å². The fourth-order valence-electron chi connectivity index (χ4n) is 3.13. The summed E-state index contributed by atoms with van der Waals surface area (Å²) in [6.45, 7) is 8.01. The van der Waals surface area contributed by atoms with Crippen LogP contribution in [0.1, 0.15) is 36.7 Å². The zero-order valence-electron chi connectivity index (χ0n) is 17.5. The molecule has 0 spiro atoms. The van der Waals surface area contributed by atoms with Gasteiger partial charge in [-0.1, -0.05) is 12.1 Å². The number of carbonyl (C=O) groups is 1. The van der Waals surface area contributed by atoms with Gasteiger partial charge in [0.05, 0.1) is 21.3 Å². The van der Waals surface area contributed by atoms with Crippen molar-refractivity contribution in [1.82, 2.24) is 0 Å². The fourth-order valence-corrected chi connectivity index (χ4v) is 3.13. The van der Waals surface area contributed by atoms with Gasteiger partial charge >= 0.3 is 0 Å². The third kappa shape index (κ3) is 4.66. The van der Waals surface area contributed by atoms with Crippen LogP contribution in [-0.2, 0) is 0 Å². The van der Waals surface area contributed by atoms with Crippen LogP contribution in [0.4, 0.5) is 5.69 Å². The Bertz CT molecular complexity index is 811. The molecule has 0 unspecified atom stereocenters. The average molecular weight is 383 g/mol. The molecule has 0 amide bonds. The van der Waals surface area contributed by atoms with E-state index in [0.717, 1.165) is 18.7 Å². The molecule has 0 aliphatic carbocycles. The predicted octanol–water partition coefficient (Wildman–Crippen LogP) is 4.84. The normalized spacial score (nSPS) is 11.1. The highest BCUT2D eigenvalue weighted by molar-refractivity contribution is 6.11. The highest BCUT2D eigenvalue weighted by atomic mass is 16.5. The predicted molar refractivity (Wildman–Crippen MR) is 114 cm³/mol. The summed E-state index contributed by atoms with van der Waals surface area (Å²) < 4.78 is 16.0. The maximum atomic E-state index is 12.9. The van der Waals surface area contributed by atoms with Gasteiger partial charge in [-0.2, -0.15) is 0 Å². The molecule has 0 saturated heterocycles. The second-order valence-corrected chi connectivity index (χ2v) is 6.33. The van der Waals surface area contributed by atoms with E-state index < -0.39 is 0 Å². The summed E-state index contributed by atoms with van der Waals surface area (Å²) in [6.07, 6.45) is 1.89. The first-order chi connectivity index (χ1) is 13.5. The molecule has 0 aliphatic heterocycles. The number of anilines is 1. The minimum absolute atomic E-state index is 0.0907. The quantitative estimate of drug-likeness (QED) is 0.458. The summed E-state index contributed by atoms with van der Waals surface area (Å²) in [7, 11) is 4.60. The lowest BCUT2D eigenvalue weighted by molar-refractivity contribution is 0.103. The van der Waals surface area contributed by atoms with Crippen molar-refractivity contribution < 1.29 is 19.0 Å². The number of methoxy groups -OCH3 is 3. The molecule has 0 aromatic heterocycles. The van der Waals surface area contributed by atoms with Gasteiger partial charge in [-0.3, -0.25) is 4.79 Å². The Labute approximate surface area is 167 Å². The summed E-state index contributed by atoms with van der Waals surface area (Å²) in [4.78, 5) is 15.2. The van der Waals surface area contributed by atoms with Gasteiger partial charge in [-0.05, 0) is 62.2 Å². The van der Waals surface area contributed by atoms with Crippen molar-refractivity contribution in [1.29, 1.82) is 0 Å². The van der Waals surface area contributed by atoms with Crippen molar-refractivity contribution in [3.63, 3.8) is 0 Å². The van der Waals surface area contributed by atoms with E-state index in [-0.39, 0.29) is 5.78 Å². The summed E-state index contributed by atoms with van der Waals surface area (Å²) in [6, 6.07) is 11.6. The van der Waals surface area contributed by atoms with Crippen LogP contribution in [0.25, 0.3) is 6.08 Å². The summed E-state index contributed by atoms with van der Waals surface area (Å²) in [5.41, 5.74) is 3.28. The number of allylic oxidation sites excluding steroid dienone is 1. The Balaban J connectivity index is 2.31. The van der Waals surface area contributed by atoms with Crippen LogP contribution < -0.4 is 19.1 Å². The molecule has 2 aromatic rings. The van der Waals surface area contributed by atoms with E-state index in [0.29, 0.717) is 28.4 Å². The lowest BCUT2D eigenvalue weighted by atomic mass is 10.0.